The lowest BCUT2D eigenvalue weighted by atomic mass is 9.91. The first-order chi connectivity index (χ1) is 7.74. The summed E-state index contributed by atoms with van der Waals surface area (Å²) < 4.78 is 26.1. The van der Waals surface area contributed by atoms with Crippen molar-refractivity contribution in [1.82, 2.24) is 4.31 Å². The molecule has 3 rings (SSSR count). The van der Waals surface area contributed by atoms with E-state index in [9.17, 15) is 13.2 Å². The van der Waals surface area contributed by atoms with Crippen LogP contribution >= 0.6 is 0 Å². The van der Waals surface area contributed by atoms with E-state index in [-0.39, 0.29) is 23.7 Å². The molecule has 3 aliphatic rings. The molecular weight excluding hydrogens is 238 g/mol. The second-order valence-corrected chi connectivity index (χ2v) is 8.20. The molecule has 2 fully saturated rings. The van der Waals surface area contributed by atoms with Gasteiger partial charge in [0.15, 0.2) is 0 Å². The Labute approximate surface area is 102 Å². The van der Waals surface area contributed by atoms with Crippen LogP contribution in [-0.4, -0.2) is 29.4 Å². The van der Waals surface area contributed by atoms with E-state index in [0.29, 0.717) is 0 Å². The van der Waals surface area contributed by atoms with Gasteiger partial charge in [-0.3, -0.25) is 4.79 Å². The van der Waals surface area contributed by atoms with E-state index in [1.165, 1.54) is 0 Å². The van der Waals surface area contributed by atoms with Crippen LogP contribution in [0.15, 0.2) is 12.2 Å². The van der Waals surface area contributed by atoms with Gasteiger partial charge in [0, 0.05) is 0 Å². The maximum absolute atomic E-state index is 12.5. The van der Waals surface area contributed by atoms with Crippen LogP contribution in [0.3, 0.4) is 0 Å². The standard InChI is InChI=1S/C12H17NO3S/c1-12(2,3)13-11(14)9-7-4-5-8(6-7)10(9)17(13,15)16/h4-5,7-10H,6H2,1-3H3. The Hall–Kier alpha value is -0.840. The number of fused-ring (bicyclic) bond motifs is 5. The molecule has 0 radical (unpaired) electrons. The summed E-state index contributed by atoms with van der Waals surface area (Å²) in [4.78, 5) is 12.4. The van der Waals surface area contributed by atoms with Crippen molar-refractivity contribution in [3.8, 4) is 0 Å². The molecule has 4 nitrogen and oxygen atoms in total. The van der Waals surface area contributed by atoms with Crippen LogP contribution < -0.4 is 0 Å². The third kappa shape index (κ3) is 1.23. The van der Waals surface area contributed by atoms with Crippen molar-refractivity contribution in [2.75, 3.05) is 0 Å². The highest BCUT2D eigenvalue weighted by Gasteiger charge is 2.64. The molecule has 4 unspecified atom stereocenters. The van der Waals surface area contributed by atoms with Crippen LogP contribution in [0.2, 0.25) is 0 Å². The van der Waals surface area contributed by atoms with Crippen molar-refractivity contribution in [2.24, 2.45) is 17.8 Å². The SMILES string of the molecule is CC(C)(C)N1C(=O)C2C3C=CC(C3)C2S1(=O)=O. The Morgan fingerprint density at radius 2 is 1.82 bits per heavy atom. The predicted molar refractivity (Wildman–Crippen MR) is 63.5 cm³/mol. The number of carbonyl (C=O) groups is 1. The predicted octanol–water partition coefficient (Wildman–Crippen LogP) is 1.15. The van der Waals surface area contributed by atoms with E-state index in [1.54, 1.807) is 20.8 Å². The molecular formula is C12H17NO3S. The third-order valence-electron chi connectivity index (χ3n) is 4.08. The topological polar surface area (TPSA) is 54.5 Å². The highest BCUT2D eigenvalue weighted by Crippen LogP contribution is 2.53. The first kappa shape index (κ1) is 11.3. The minimum absolute atomic E-state index is 0.0475. The molecule has 1 aliphatic heterocycles. The Morgan fingerprint density at radius 1 is 1.24 bits per heavy atom. The lowest BCUT2D eigenvalue weighted by Gasteiger charge is -2.31. The lowest BCUT2D eigenvalue weighted by Crippen LogP contribution is -2.46. The summed E-state index contributed by atoms with van der Waals surface area (Å²) in [5, 5.41) is -0.496. The normalized spacial score (nSPS) is 42.3. The summed E-state index contributed by atoms with van der Waals surface area (Å²) >= 11 is 0. The summed E-state index contributed by atoms with van der Waals surface area (Å²) in [6, 6.07) is 0. The average molecular weight is 255 g/mol. The third-order valence-corrected chi connectivity index (χ3v) is 6.65. The van der Waals surface area contributed by atoms with Gasteiger partial charge < -0.3 is 0 Å². The zero-order valence-electron chi connectivity index (χ0n) is 10.3. The summed E-state index contributed by atoms with van der Waals surface area (Å²) in [6.07, 6.45) is 4.83. The van der Waals surface area contributed by atoms with E-state index < -0.39 is 20.8 Å². The van der Waals surface area contributed by atoms with E-state index in [2.05, 4.69) is 0 Å². The number of carbonyl (C=O) groups excluding carboxylic acids is 1. The fourth-order valence-electron chi connectivity index (χ4n) is 3.60. The molecule has 5 heteroatoms. The number of allylic oxidation sites excluding steroid dienone is 2. The van der Waals surface area contributed by atoms with Crippen molar-refractivity contribution in [3.63, 3.8) is 0 Å². The zero-order chi connectivity index (χ0) is 12.6. The Morgan fingerprint density at radius 3 is 2.35 bits per heavy atom. The van der Waals surface area contributed by atoms with Gasteiger partial charge in [-0.1, -0.05) is 12.2 Å². The number of sulfonamides is 1. The Balaban J connectivity index is 2.13. The van der Waals surface area contributed by atoms with Crippen molar-refractivity contribution < 1.29 is 13.2 Å². The van der Waals surface area contributed by atoms with Crippen LogP contribution in [0.25, 0.3) is 0 Å². The molecule has 0 aromatic carbocycles. The molecule has 0 N–H and O–H groups in total. The minimum Gasteiger partial charge on any atom is -0.273 e. The van der Waals surface area contributed by atoms with Crippen molar-refractivity contribution >= 4 is 15.9 Å². The fourth-order valence-corrected chi connectivity index (χ4v) is 6.31. The Bertz CT molecular complexity index is 514. The first-order valence-corrected chi connectivity index (χ1v) is 7.51. The van der Waals surface area contributed by atoms with Gasteiger partial charge in [0.1, 0.15) is 0 Å². The van der Waals surface area contributed by atoms with Crippen LogP contribution in [0.4, 0.5) is 0 Å². The van der Waals surface area contributed by atoms with Crippen LogP contribution in [0.1, 0.15) is 27.2 Å². The smallest absolute Gasteiger partial charge is 0.242 e. The van der Waals surface area contributed by atoms with Gasteiger partial charge in [-0.2, -0.15) is 0 Å². The summed E-state index contributed by atoms with van der Waals surface area (Å²) in [7, 11) is -3.47. The van der Waals surface area contributed by atoms with Gasteiger partial charge in [0.05, 0.1) is 16.7 Å². The van der Waals surface area contributed by atoms with E-state index in [4.69, 9.17) is 0 Å². The highest BCUT2D eigenvalue weighted by atomic mass is 32.2. The van der Waals surface area contributed by atoms with Crippen molar-refractivity contribution in [3.05, 3.63) is 12.2 Å². The quantitative estimate of drug-likeness (QED) is 0.610. The fraction of sp³-hybridized carbons (Fsp3) is 0.750. The molecule has 0 aromatic heterocycles. The van der Waals surface area contributed by atoms with Gasteiger partial charge in [-0.25, -0.2) is 12.7 Å². The number of rotatable bonds is 0. The van der Waals surface area contributed by atoms with Gasteiger partial charge in [-0.15, -0.1) is 0 Å². The molecule has 1 saturated heterocycles. The molecule has 1 saturated carbocycles. The maximum Gasteiger partial charge on any atom is 0.242 e. The van der Waals surface area contributed by atoms with Crippen LogP contribution in [0, 0.1) is 17.8 Å². The number of hydrogen-bond donors (Lipinski definition) is 0. The molecule has 1 heterocycles. The summed E-state index contributed by atoms with van der Waals surface area (Å²) in [5.74, 6) is -0.334. The molecule has 1 amide bonds. The summed E-state index contributed by atoms with van der Waals surface area (Å²) in [5.41, 5.74) is -0.653. The van der Waals surface area contributed by atoms with Gasteiger partial charge in [0.25, 0.3) is 0 Å². The van der Waals surface area contributed by atoms with E-state index >= 15 is 0 Å². The first-order valence-electron chi connectivity index (χ1n) is 6.01. The monoisotopic (exact) mass is 255 g/mol. The largest absolute Gasteiger partial charge is 0.273 e. The van der Waals surface area contributed by atoms with Crippen molar-refractivity contribution in [1.29, 1.82) is 0 Å². The lowest BCUT2D eigenvalue weighted by molar-refractivity contribution is -0.132. The molecule has 0 aromatic rings. The zero-order valence-corrected chi connectivity index (χ0v) is 11.1. The van der Waals surface area contributed by atoms with Gasteiger partial charge in [-0.05, 0) is 39.0 Å². The van der Waals surface area contributed by atoms with Crippen molar-refractivity contribution in [2.45, 2.75) is 38.0 Å². The highest BCUT2D eigenvalue weighted by molar-refractivity contribution is 7.90. The number of hydrogen-bond acceptors (Lipinski definition) is 3. The van der Waals surface area contributed by atoms with Gasteiger partial charge >= 0.3 is 0 Å². The van der Waals surface area contributed by atoms with Crippen LogP contribution in [-0.2, 0) is 14.8 Å². The molecule has 94 valence electrons. The molecule has 17 heavy (non-hydrogen) atoms. The second-order valence-electron chi connectivity index (χ2n) is 6.26. The van der Waals surface area contributed by atoms with E-state index in [0.717, 1.165) is 10.7 Å². The summed E-state index contributed by atoms with van der Waals surface area (Å²) in [6.45, 7) is 5.33. The van der Waals surface area contributed by atoms with E-state index in [1.807, 2.05) is 12.2 Å². The van der Waals surface area contributed by atoms with Crippen LogP contribution in [0.5, 0.6) is 0 Å². The molecule has 0 spiro atoms. The average Bonchev–Trinajstić information content (AvgIpc) is 2.76. The number of amides is 1. The number of nitrogens with zero attached hydrogens (tertiary/aromatic N) is 1. The molecule has 2 aliphatic carbocycles. The van der Waals surface area contributed by atoms with Gasteiger partial charge in [0.2, 0.25) is 15.9 Å². The second kappa shape index (κ2) is 2.94. The minimum atomic E-state index is -3.47. The molecule has 4 atom stereocenters. The maximum atomic E-state index is 12.5. The Kier molecular flexibility index (Phi) is 1.95. The molecule has 2 bridgehead atoms.